The lowest BCUT2D eigenvalue weighted by Crippen LogP contribution is -2.21. The van der Waals surface area contributed by atoms with Gasteiger partial charge in [0.05, 0.1) is 10.8 Å². The van der Waals surface area contributed by atoms with Gasteiger partial charge in [-0.3, -0.25) is 9.52 Å². The van der Waals surface area contributed by atoms with Crippen molar-refractivity contribution < 1.29 is 13.2 Å². The zero-order valence-electron chi connectivity index (χ0n) is 15.3. The Morgan fingerprint density at radius 3 is 2.43 bits per heavy atom. The number of hydrogen-bond acceptors (Lipinski definition) is 5. The molecule has 0 saturated heterocycles. The summed E-state index contributed by atoms with van der Waals surface area (Å²) in [5.74, 6) is -0.356. The van der Waals surface area contributed by atoms with Crippen molar-refractivity contribution in [2.24, 2.45) is 0 Å². The first-order valence-electron chi connectivity index (χ1n) is 8.88. The van der Waals surface area contributed by atoms with Gasteiger partial charge in [0, 0.05) is 17.3 Å². The summed E-state index contributed by atoms with van der Waals surface area (Å²) in [5.41, 5.74) is 1.52. The van der Waals surface area contributed by atoms with E-state index in [1.807, 2.05) is 37.3 Å². The van der Waals surface area contributed by atoms with Crippen LogP contribution in [0.15, 0.2) is 71.1 Å². The van der Waals surface area contributed by atoms with Crippen molar-refractivity contribution in [3.63, 3.8) is 0 Å². The number of sulfonamides is 1. The minimum Gasteiger partial charge on any atom is -0.326 e. The van der Waals surface area contributed by atoms with Crippen LogP contribution >= 0.6 is 11.3 Å². The molecule has 0 aliphatic carbocycles. The second kappa shape index (κ2) is 8.99. The van der Waals surface area contributed by atoms with Crippen molar-refractivity contribution >= 4 is 38.1 Å². The highest BCUT2D eigenvalue weighted by Crippen LogP contribution is 2.24. The largest absolute Gasteiger partial charge is 0.326 e. The molecule has 6 nitrogen and oxygen atoms in total. The molecule has 28 heavy (non-hydrogen) atoms. The first kappa shape index (κ1) is 20.0. The van der Waals surface area contributed by atoms with Crippen LogP contribution in [0.25, 0.3) is 0 Å². The third kappa shape index (κ3) is 4.96. The van der Waals surface area contributed by atoms with E-state index in [9.17, 15) is 13.2 Å². The molecule has 2 N–H and O–H groups in total. The lowest BCUT2D eigenvalue weighted by molar-refractivity contribution is -0.117. The maximum absolute atomic E-state index is 12.7. The zero-order valence-corrected chi connectivity index (χ0v) is 17.0. The summed E-state index contributed by atoms with van der Waals surface area (Å²) in [4.78, 5) is 16.8. The lowest BCUT2D eigenvalue weighted by Gasteiger charge is -2.17. The Morgan fingerprint density at radius 2 is 1.82 bits per heavy atom. The summed E-state index contributed by atoms with van der Waals surface area (Å²) in [7, 11) is -3.71. The topological polar surface area (TPSA) is 88.2 Å². The molecule has 3 aromatic rings. The minimum absolute atomic E-state index is 0.105. The lowest BCUT2D eigenvalue weighted by atomic mass is 9.93. The molecule has 0 fully saturated rings. The molecule has 0 aliphatic heterocycles. The van der Waals surface area contributed by atoms with E-state index in [0.717, 1.165) is 18.4 Å². The van der Waals surface area contributed by atoms with Gasteiger partial charge in [-0.1, -0.05) is 43.7 Å². The summed E-state index contributed by atoms with van der Waals surface area (Å²) < 4.78 is 27.2. The van der Waals surface area contributed by atoms with E-state index in [1.165, 1.54) is 29.7 Å². The average Bonchev–Trinajstić information content (AvgIpc) is 3.19. The fourth-order valence-corrected chi connectivity index (χ4v) is 4.61. The van der Waals surface area contributed by atoms with Crippen molar-refractivity contribution in [2.45, 2.75) is 30.6 Å². The number of nitrogens with one attached hydrogen (secondary N) is 2. The number of benzene rings is 2. The molecule has 1 heterocycles. The summed E-state index contributed by atoms with van der Waals surface area (Å²) >= 11 is 1.20. The number of hydrogen-bond donors (Lipinski definition) is 2. The second-order valence-electron chi connectivity index (χ2n) is 6.21. The summed E-state index contributed by atoms with van der Waals surface area (Å²) in [6, 6.07) is 15.7. The smallest absolute Gasteiger partial charge is 0.263 e. The summed E-state index contributed by atoms with van der Waals surface area (Å²) in [6.07, 6.45) is 3.15. The van der Waals surface area contributed by atoms with Crippen LogP contribution in [0, 0.1) is 0 Å². The molecular weight excluding hydrogens is 394 g/mol. The Hall–Kier alpha value is -2.71. The third-order valence-corrected chi connectivity index (χ3v) is 6.35. The number of anilines is 2. The molecule has 0 unspecified atom stereocenters. The van der Waals surface area contributed by atoms with E-state index in [2.05, 4.69) is 15.0 Å². The Kier molecular flexibility index (Phi) is 6.43. The van der Waals surface area contributed by atoms with Crippen LogP contribution in [-0.4, -0.2) is 19.3 Å². The van der Waals surface area contributed by atoms with Gasteiger partial charge in [-0.25, -0.2) is 13.4 Å². The third-order valence-electron chi connectivity index (χ3n) is 4.18. The first-order valence-corrected chi connectivity index (χ1v) is 11.2. The molecule has 0 bridgehead atoms. The van der Waals surface area contributed by atoms with Gasteiger partial charge in [0.2, 0.25) is 5.91 Å². The highest BCUT2D eigenvalue weighted by atomic mass is 32.2. The molecule has 146 valence electrons. The van der Waals surface area contributed by atoms with E-state index >= 15 is 0 Å². The number of amides is 1. The number of thiazole rings is 1. The van der Waals surface area contributed by atoms with Crippen molar-refractivity contribution in [2.75, 3.05) is 10.0 Å². The Morgan fingerprint density at radius 1 is 1.11 bits per heavy atom. The molecule has 0 aliphatic rings. The molecule has 1 amide bonds. The van der Waals surface area contributed by atoms with Crippen molar-refractivity contribution in [3.8, 4) is 0 Å². The summed E-state index contributed by atoms with van der Waals surface area (Å²) in [5, 5.41) is 4.88. The van der Waals surface area contributed by atoms with Crippen LogP contribution in [0.4, 0.5) is 10.8 Å². The van der Waals surface area contributed by atoms with Crippen LogP contribution in [0.1, 0.15) is 31.2 Å². The zero-order chi connectivity index (χ0) is 20.0. The van der Waals surface area contributed by atoms with Gasteiger partial charge in [0.25, 0.3) is 10.0 Å². The average molecular weight is 416 g/mol. The molecule has 3 rings (SSSR count). The normalized spacial score (nSPS) is 12.3. The maximum atomic E-state index is 12.7. The van der Waals surface area contributed by atoms with Crippen LogP contribution in [-0.2, 0) is 14.8 Å². The second-order valence-corrected chi connectivity index (χ2v) is 8.79. The SMILES string of the molecule is CCC[C@@H](C(=O)Nc1ccc(S(=O)(=O)Nc2nccs2)cc1)c1ccccc1. The van der Waals surface area contributed by atoms with E-state index in [0.29, 0.717) is 10.8 Å². The van der Waals surface area contributed by atoms with Gasteiger partial charge < -0.3 is 5.32 Å². The minimum atomic E-state index is -3.71. The van der Waals surface area contributed by atoms with E-state index in [-0.39, 0.29) is 16.7 Å². The van der Waals surface area contributed by atoms with Gasteiger partial charge in [0.15, 0.2) is 5.13 Å². The number of carbonyl (C=O) groups excluding carboxylic acids is 1. The van der Waals surface area contributed by atoms with Gasteiger partial charge in [-0.2, -0.15) is 0 Å². The number of aromatic nitrogens is 1. The predicted octanol–water partition coefficient (Wildman–Crippen LogP) is 4.47. The summed E-state index contributed by atoms with van der Waals surface area (Å²) in [6.45, 7) is 2.04. The van der Waals surface area contributed by atoms with E-state index in [1.54, 1.807) is 17.5 Å². The van der Waals surface area contributed by atoms with Crippen molar-refractivity contribution in [1.29, 1.82) is 0 Å². The Labute approximate surface area is 168 Å². The highest BCUT2D eigenvalue weighted by Gasteiger charge is 2.20. The van der Waals surface area contributed by atoms with Gasteiger partial charge >= 0.3 is 0 Å². The maximum Gasteiger partial charge on any atom is 0.263 e. The Bertz CT molecular complexity index is 1000. The monoisotopic (exact) mass is 415 g/mol. The standard InChI is InChI=1S/C20H21N3O3S2/c1-2-6-18(15-7-4-3-5-8-15)19(24)22-16-9-11-17(12-10-16)28(25,26)23-20-21-13-14-27-20/h3-5,7-14,18H,2,6H2,1H3,(H,21,23)(H,22,24)/t18-/m1/s1. The molecular formula is C20H21N3O3S2. The fourth-order valence-electron chi connectivity index (χ4n) is 2.82. The molecule has 1 aromatic heterocycles. The van der Waals surface area contributed by atoms with Crippen LogP contribution in [0.2, 0.25) is 0 Å². The fraction of sp³-hybridized carbons (Fsp3) is 0.200. The quantitative estimate of drug-likeness (QED) is 0.568. The molecule has 2 aromatic carbocycles. The van der Waals surface area contributed by atoms with Gasteiger partial charge in [-0.15, -0.1) is 11.3 Å². The highest BCUT2D eigenvalue weighted by molar-refractivity contribution is 7.93. The predicted molar refractivity (Wildman–Crippen MR) is 112 cm³/mol. The van der Waals surface area contributed by atoms with Crippen molar-refractivity contribution in [3.05, 3.63) is 71.7 Å². The molecule has 8 heteroatoms. The van der Waals surface area contributed by atoms with E-state index < -0.39 is 10.0 Å². The van der Waals surface area contributed by atoms with Crippen LogP contribution < -0.4 is 10.0 Å². The van der Waals surface area contributed by atoms with Gasteiger partial charge in [-0.05, 0) is 36.2 Å². The van der Waals surface area contributed by atoms with Crippen molar-refractivity contribution in [1.82, 2.24) is 4.98 Å². The number of nitrogens with zero attached hydrogens (tertiary/aromatic N) is 1. The van der Waals surface area contributed by atoms with E-state index in [4.69, 9.17) is 0 Å². The molecule has 0 spiro atoms. The molecule has 0 saturated carbocycles. The number of rotatable bonds is 8. The first-order chi connectivity index (χ1) is 13.5. The van der Waals surface area contributed by atoms with Gasteiger partial charge in [0.1, 0.15) is 0 Å². The van der Waals surface area contributed by atoms with Crippen LogP contribution in [0.5, 0.6) is 0 Å². The molecule has 1 atom stereocenters. The number of carbonyl (C=O) groups is 1. The van der Waals surface area contributed by atoms with Crippen LogP contribution in [0.3, 0.4) is 0 Å². The molecule has 0 radical (unpaired) electrons. The Balaban J connectivity index is 1.71.